The molecule has 0 aromatic carbocycles. The summed E-state index contributed by atoms with van der Waals surface area (Å²) >= 11 is 0. The van der Waals surface area contributed by atoms with Crippen molar-refractivity contribution in [2.75, 3.05) is 0 Å². The number of rotatable bonds is 0. The molecule has 17 heavy (non-hydrogen) atoms. The van der Waals surface area contributed by atoms with Crippen LogP contribution in [0.3, 0.4) is 0 Å². The number of hydrogen-bond donors (Lipinski definition) is 0. The third-order valence-corrected chi connectivity index (χ3v) is 0.809. The maximum Gasteiger partial charge on any atom is 3.00 e. The predicted octanol–water partition coefficient (Wildman–Crippen LogP) is 2.02. The second kappa shape index (κ2) is 24.0. The van der Waals surface area contributed by atoms with Gasteiger partial charge in [0.2, 0.25) is 0 Å². The summed E-state index contributed by atoms with van der Waals surface area (Å²) in [5.74, 6) is 1.42. The van der Waals surface area contributed by atoms with E-state index in [0.29, 0.717) is 5.56 Å². The van der Waals surface area contributed by atoms with Crippen LogP contribution in [0, 0.1) is 17.2 Å². The van der Waals surface area contributed by atoms with Gasteiger partial charge in [0, 0.05) is 12.4 Å². The molecule has 0 amide bonds. The minimum atomic E-state index is 0. The van der Waals surface area contributed by atoms with Gasteiger partial charge in [-0.2, -0.15) is 26.0 Å². The van der Waals surface area contributed by atoms with Crippen LogP contribution in [-0.4, -0.2) is 18.6 Å². The smallest absolute Gasteiger partial charge is 0.545 e. The Hall–Kier alpha value is -1.40. The zero-order chi connectivity index (χ0) is 13.4. The second-order valence-corrected chi connectivity index (χ2v) is 2.85. The van der Waals surface area contributed by atoms with Crippen molar-refractivity contribution in [3.05, 3.63) is 36.0 Å². The normalized spacial score (nSPS) is 6.29. The molecule has 1 rings (SSSR count). The zero-order valence-electron chi connectivity index (χ0n) is 10.0. The van der Waals surface area contributed by atoms with E-state index >= 15 is 0 Å². The third kappa shape index (κ3) is 31.3. The Balaban J connectivity index is -0.0000000814. The van der Waals surface area contributed by atoms with Gasteiger partial charge in [-0.15, -0.1) is 0 Å². The number of carbonyl (C=O) groups excluding carboxylic acids is 2. The van der Waals surface area contributed by atoms with Crippen molar-refractivity contribution in [2.45, 2.75) is 20.8 Å². The molecule has 0 aliphatic carbocycles. The molecule has 1 heterocycles. The summed E-state index contributed by atoms with van der Waals surface area (Å²) in [5, 5.41) is 8.26. The van der Waals surface area contributed by atoms with Crippen LogP contribution < -0.4 is 0 Å². The van der Waals surface area contributed by atoms with Crippen LogP contribution in [0.25, 0.3) is 0 Å². The minimum Gasteiger partial charge on any atom is -0.545 e. The largest absolute Gasteiger partial charge is 3.00 e. The van der Waals surface area contributed by atoms with Crippen molar-refractivity contribution >= 4 is 13.6 Å². The molecule has 4 nitrogen and oxygen atoms in total. The van der Waals surface area contributed by atoms with Gasteiger partial charge >= 0.3 is 19.5 Å². The number of nitriles is 1. The molecule has 0 fully saturated rings. The van der Waals surface area contributed by atoms with E-state index < -0.39 is 0 Å². The quantitative estimate of drug-likeness (QED) is 0.416. The Morgan fingerprint density at radius 3 is 1.59 bits per heavy atom. The molecule has 1 radical (unpaired) electrons. The molecular formula is C12H15N2O2Ru. The fourth-order valence-corrected chi connectivity index (χ4v) is 0.426. The Morgan fingerprint density at radius 1 is 1.12 bits per heavy atom. The van der Waals surface area contributed by atoms with E-state index in [9.17, 15) is 0 Å². The second-order valence-electron chi connectivity index (χ2n) is 2.85. The Labute approximate surface area is 116 Å². The molecule has 1 aromatic rings. The molecule has 93 valence electrons. The first-order valence-corrected chi connectivity index (χ1v) is 4.21. The summed E-state index contributed by atoms with van der Waals surface area (Å²) in [6.45, 7) is 12.8. The molecule has 0 aliphatic rings. The Bertz CT molecular complexity index is 269. The standard InChI is InChI=1S/C6H4N2.C4H9.2CHO.Ru/c7-5-6-1-3-8-4-2-6;1-4(2)3;2*1-2;/h1-4H;1-3H3;2*1H;/q;3*-1;+3. The first-order chi connectivity index (χ1) is 7.66. The first kappa shape index (κ1) is 24.7. The van der Waals surface area contributed by atoms with E-state index in [1.807, 2.05) is 6.07 Å². The average molecular weight is 320 g/mol. The van der Waals surface area contributed by atoms with Gasteiger partial charge in [-0.25, -0.2) is 0 Å². The Morgan fingerprint density at radius 2 is 1.41 bits per heavy atom. The summed E-state index contributed by atoms with van der Waals surface area (Å²) in [6, 6.07) is 5.32. The first-order valence-electron chi connectivity index (χ1n) is 4.21. The van der Waals surface area contributed by atoms with Crippen molar-refractivity contribution in [1.82, 2.24) is 4.98 Å². The molecule has 1 aromatic heterocycles. The maximum absolute atomic E-state index is 8.26. The summed E-state index contributed by atoms with van der Waals surface area (Å²) in [7, 11) is 0. The van der Waals surface area contributed by atoms with E-state index in [2.05, 4.69) is 39.3 Å². The molecule has 0 atom stereocenters. The maximum atomic E-state index is 8.26. The van der Waals surface area contributed by atoms with E-state index in [1.54, 1.807) is 24.5 Å². The van der Waals surface area contributed by atoms with Gasteiger partial charge in [-0.1, -0.05) is 0 Å². The molecule has 0 bridgehead atoms. The SMILES string of the molecule is C[C-](C)C.N#Cc1ccncc1.[CH-]=O.[CH-]=O.[Ru+3]. The molecule has 0 unspecified atom stereocenters. The van der Waals surface area contributed by atoms with Crippen LogP contribution in [0.1, 0.15) is 26.3 Å². The van der Waals surface area contributed by atoms with Crippen molar-refractivity contribution in [1.29, 1.82) is 5.26 Å². The van der Waals surface area contributed by atoms with Crippen LogP contribution in [0.2, 0.25) is 0 Å². The number of hydrogen-bond acceptors (Lipinski definition) is 4. The fraction of sp³-hybridized carbons (Fsp3) is 0.250. The van der Waals surface area contributed by atoms with Crippen molar-refractivity contribution in [2.24, 2.45) is 0 Å². The van der Waals surface area contributed by atoms with Gasteiger partial charge in [0.1, 0.15) is 0 Å². The van der Waals surface area contributed by atoms with Crippen molar-refractivity contribution < 1.29 is 29.1 Å². The van der Waals surface area contributed by atoms with Gasteiger partial charge in [-0.05, 0) is 12.1 Å². The molecule has 0 N–H and O–H groups in total. The van der Waals surface area contributed by atoms with Gasteiger partial charge in [-0.3, -0.25) is 18.6 Å². The molecule has 0 saturated carbocycles. The summed E-state index contributed by atoms with van der Waals surface area (Å²) < 4.78 is 0. The number of nitrogens with zero attached hydrogens (tertiary/aromatic N) is 2. The minimum absolute atomic E-state index is 0. The van der Waals surface area contributed by atoms with Crippen LogP contribution in [0.4, 0.5) is 0 Å². The van der Waals surface area contributed by atoms with E-state index in [-0.39, 0.29) is 19.5 Å². The van der Waals surface area contributed by atoms with Crippen molar-refractivity contribution in [3.63, 3.8) is 0 Å². The average Bonchev–Trinajstić information content (AvgIpc) is 2.34. The topological polar surface area (TPSA) is 70.8 Å². The summed E-state index contributed by atoms with van der Waals surface area (Å²) in [4.78, 5) is 19.2. The monoisotopic (exact) mass is 321 g/mol. The summed E-state index contributed by atoms with van der Waals surface area (Å²) in [6.07, 6.45) is 3.19. The van der Waals surface area contributed by atoms with Gasteiger partial charge < -0.3 is 15.5 Å². The third-order valence-electron chi connectivity index (χ3n) is 0.809. The van der Waals surface area contributed by atoms with Gasteiger partial charge in [0.05, 0.1) is 11.6 Å². The molecule has 0 saturated heterocycles. The Kier molecular flexibility index (Phi) is 34.9. The molecular weight excluding hydrogens is 305 g/mol. The molecule has 5 heteroatoms. The number of pyridine rings is 1. The summed E-state index contributed by atoms with van der Waals surface area (Å²) in [5.41, 5.74) is 0.653. The van der Waals surface area contributed by atoms with E-state index in [0.717, 1.165) is 0 Å². The van der Waals surface area contributed by atoms with Crippen molar-refractivity contribution in [3.8, 4) is 6.07 Å². The van der Waals surface area contributed by atoms with E-state index in [1.165, 1.54) is 5.92 Å². The van der Waals surface area contributed by atoms with Crippen LogP contribution in [-0.2, 0) is 29.1 Å². The zero-order valence-corrected chi connectivity index (χ0v) is 11.8. The molecule has 0 spiro atoms. The fourth-order valence-electron chi connectivity index (χ4n) is 0.426. The van der Waals surface area contributed by atoms with Gasteiger partial charge in [0.25, 0.3) is 0 Å². The van der Waals surface area contributed by atoms with Crippen LogP contribution in [0.5, 0.6) is 0 Å². The molecule has 0 aliphatic heterocycles. The van der Waals surface area contributed by atoms with Crippen LogP contribution in [0.15, 0.2) is 24.5 Å². The number of aromatic nitrogens is 1. The van der Waals surface area contributed by atoms with Crippen LogP contribution >= 0.6 is 0 Å². The van der Waals surface area contributed by atoms with E-state index in [4.69, 9.17) is 14.9 Å². The predicted molar refractivity (Wildman–Crippen MR) is 62.7 cm³/mol. The van der Waals surface area contributed by atoms with Gasteiger partial charge in [0.15, 0.2) is 0 Å².